The molecule has 0 spiro atoms. The molecular formula is C13H24N2O3. The predicted molar refractivity (Wildman–Crippen MR) is 69.0 cm³/mol. The van der Waals surface area contributed by atoms with Crippen molar-refractivity contribution in [3.63, 3.8) is 0 Å². The number of carbonyl (C=O) groups is 2. The van der Waals surface area contributed by atoms with Crippen LogP contribution in [0.2, 0.25) is 0 Å². The predicted octanol–water partition coefficient (Wildman–Crippen LogP) is 1.26. The Morgan fingerprint density at radius 3 is 2.44 bits per heavy atom. The number of hydrogen-bond acceptors (Lipinski definition) is 3. The van der Waals surface area contributed by atoms with E-state index in [1.165, 1.54) is 0 Å². The molecule has 1 fully saturated rings. The number of nitrogens with two attached hydrogens (primary N) is 1. The maximum absolute atomic E-state index is 12.1. The molecule has 0 radical (unpaired) electrons. The van der Waals surface area contributed by atoms with Crippen LogP contribution in [-0.4, -0.2) is 28.6 Å². The molecule has 0 aliphatic heterocycles. The van der Waals surface area contributed by atoms with Gasteiger partial charge in [-0.05, 0) is 32.1 Å². The van der Waals surface area contributed by atoms with Crippen LogP contribution in [0.5, 0.6) is 0 Å². The molecule has 104 valence electrons. The van der Waals surface area contributed by atoms with Crippen molar-refractivity contribution in [2.75, 3.05) is 0 Å². The first-order chi connectivity index (χ1) is 8.42. The fraction of sp³-hybridized carbons (Fsp3) is 0.846. The van der Waals surface area contributed by atoms with Gasteiger partial charge in [0.25, 0.3) is 0 Å². The summed E-state index contributed by atoms with van der Waals surface area (Å²) in [6.45, 7) is 3.79. The van der Waals surface area contributed by atoms with E-state index < -0.39 is 11.5 Å². The molecule has 1 saturated carbocycles. The van der Waals surface area contributed by atoms with Gasteiger partial charge in [-0.3, -0.25) is 9.59 Å². The summed E-state index contributed by atoms with van der Waals surface area (Å²) in [6.07, 6.45) is 4.09. The van der Waals surface area contributed by atoms with E-state index in [-0.39, 0.29) is 17.9 Å². The first-order valence-electron chi connectivity index (χ1n) is 6.75. The SMILES string of the molecule is CCC(N)(CC)C(=O)NC1CCCC(C(=O)O)C1. The Morgan fingerprint density at radius 1 is 1.33 bits per heavy atom. The highest BCUT2D eigenvalue weighted by Crippen LogP contribution is 2.25. The van der Waals surface area contributed by atoms with Gasteiger partial charge in [-0.15, -0.1) is 0 Å². The first kappa shape index (κ1) is 15.0. The molecule has 0 aromatic heterocycles. The summed E-state index contributed by atoms with van der Waals surface area (Å²) in [4.78, 5) is 23.0. The second kappa shape index (κ2) is 6.18. The van der Waals surface area contributed by atoms with E-state index in [2.05, 4.69) is 5.32 Å². The number of carbonyl (C=O) groups excluding carboxylic acids is 1. The molecule has 5 nitrogen and oxygen atoms in total. The summed E-state index contributed by atoms with van der Waals surface area (Å²) < 4.78 is 0. The molecule has 1 aliphatic rings. The number of carboxylic acids is 1. The fourth-order valence-electron chi connectivity index (χ4n) is 2.45. The molecule has 0 aromatic carbocycles. The van der Waals surface area contributed by atoms with Crippen molar-refractivity contribution in [1.29, 1.82) is 0 Å². The number of carboxylic acid groups (broad SMARTS) is 1. The largest absolute Gasteiger partial charge is 0.481 e. The van der Waals surface area contributed by atoms with Gasteiger partial charge in [0.1, 0.15) is 0 Å². The Bertz CT molecular complexity index is 313. The van der Waals surface area contributed by atoms with Crippen LogP contribution in [0.4, 0.5) is 0 Å². The summed E-state index contributed by atoms with van der Waals surface area (Å²) in [5, 5.41) is 11.9. The van der Waals surface area contributed by atoms with Crippen molar-refractivity contribution in [2.45, 2.75) is 64.0 Å². The van der Waals surface area contributed by atoms with E-state index in [1.807, 2.05) is 13.8 Å². The van der Waals surface area contributed by atoms with Crippen LogP contribution in [0.25, 0.3) is 0 Å². The van der Waals surface area contributed by atoms with Crippen LogP contribution in [0.3, 0.4) is 0 Å². The normalized spacial score (nSPS) is 24.6. The van der Waals surface area contributed by atoms with Crippen molar-refractivity contribution in [1.82, 2.24) is 5.32 Å². The number of amides is 1. The van der Waals surface area contributed by atoms with Gasteiger partial charge in [0.15, 0.2) is 0 Å². The molecule has 4 N–H and O–H groups in total. The number of hydrogen-bond donors (Lipinski definition) is 3. The summed E-state index contributed by atoms with van der Waals surface area (Å²) in [7, 11) is 0. The van der Waals surface area contributed by atoms with Crippen LogP contribution < -0.4 is 11.1 Å². The van der Waals surface area contributed by atoms with Crippen LogP contribution in [0, 0.1) is 5.92 Å². The van der Waals surface area contributed by atoms with Crippen molar-refractivity contribution in [2.24, 2.45) is 11.7 Å². The number of nitrogens with one attached hydrogen (secondary N) is 1. The van der Waals surface area contributed by atoms with Crippen molar-refractivity contribution in [3.05, 3.63) is 0 Å². The molecule has 0 bridgehead atoms. The van der Waals surface area contributed by atoms with E-state index in [0.29, 0.717) is 25.7 Å². The van der Waals surface area contributed by atoms with Gasteiger partial charge >= 0.3 is 5.97 Å². The minimum Gasteiger partial charge on any atom is -0.481 e. The molecule has 0 heterocycles. The highest BCUT2D eigenvalue weighted by molar-refractivity contribution is 5.86. The van der Waals surface area contributed by atoms with Gasteiger partial charge in [0, 0.05) is 6.04 Å². The van der Waals surface area contributed by atoms with Crippen LogP contribution in [0.1, 0.15) is 52.4 Å². The van der Waals surface area contributed by atoms with Gasteiger partial charge in [-0.25, -0.2) is 0 Å². The Kier molecular flexibility index (Phi) is 5.14. The molecule has 1 rings (SSSR count). The maximum atomic E-state index is 12.1. The molecule has 0 saturated heterocycles. The van der Waals surface area contributed by atoms with E-state index >= 15 is 0 Å². The fourth-order valence-corrected chi connectivity index (χ4v) is 2.45. The van der Waals surface area contributed by atoms with E-state index in [0.717, 1.165) is 12.8 Å². The van der Waals surface area contributed by atoms with Crippen LogP contribution in [-0.2, 0) is 9.59 Å². The van der Waals surface area contributed by atoms with Crippen LogP contribution >= 0.6 is 0 Å². The lowest BCUT2D eigenvalue weighted by Crippen LogP contribution is -2.56. The first-order valence-corrected chi connectivity index (χ1v) is 6.75. The molecule has 1 aliphatic carbocycles. The van der Waals surface area contributed by atoms with Crippen molar-refractivity contribution < 1.29 is 14.7 Å². The standard InChI is InChI=1S/C13H24N2O3/c1-3-13(14,4-2)12(18)15-10-7-5-6-9(8-10)11(16)17/h9-10H,3-8,14H2,1-2H3,(H,15,18)(H,16,17). The molecule has 2 atom stereocenters. The second-order valence-electron chi connectivity index (χ2n) is 5.24. The molecule has 18 heavy (non-hydrogen) atoms. The minimum absolute atomic E-state index is 0.0478. The third-order valence-electron chi connectivity index (χ3n) is 4.07. The van der Waals surface area contributed by atoms with Crippen LogP contribution in [0.15, 0.2) is 0 Å². The quantitative estimate of drug-likeness (QED) is 0.690. The monoisotopic (exact) mass is 256 g/mol. The lowest BCUT2D eigenvalue weighted by atomic mass is 9.84. The molecule has 0 aromatic rings. The third-order valence-corrected chi connectivity index (χ3v) is 4.07. The Hall–Kier alpha value is -1.10. The topological polar surface area (TPSA) is 92.4 Å². The molecule has 5 heteroatoms. The van der Waals surface area contributed by atoms with Gasteiger partial charge in [-0.2, -0.15) is 0 Å². The molecule has 1 amide bonds. The van der Waals surface area contributed by atoms with Gasteiger partial charge in [0.05, 0.1) is 11.5 Å². The lowest BCUT2D eigenvalue weighted by Gasteiger charge is -2.32. The van der Waals surface area contributed by atoms with Gasteiger partial charge < -0.3 is 16.2 Å². The highest BCUT2D eigenvalue weighted by atomic mass is 16.4. The smallest absolute Gasteiger partial charge is 0.306 e. The molecule has 2 unspecified atom stereocenters. The summed E-state index contributed by atoms with van der Waals surface area (Å²) >= 11 is 0. The van der Waals surface area contributed by atoms with Crippen molar-refractivity contribution >= 4 is 11.9 Å². The van der Waals surface area contributed by atoms with E-state index in [4.69, 9.17) is 10.8 Å². The third kappa shape index (κ3) is 3.45. The Balaban J connectivity index is 2.57. The summed E-state index contributed by atoms with van der Waals surface area (Å²) in [5.74, 6) is -1.25. The highest BCUT2D eigenvalue weighted by Gasteiger charge is 2.34. The molecular weight excluding hydrogens is 232 g/mol. The Labute approximate surface area is 108 Å². The van der Waals surface area contributed by atoms with E-state index in [9.17, 15) is 9.59 Å². The minimum atomic E-state index is -0.823. The van der Waals surface area contributed by atoms with Gasteiger partial charge in [0.2, 0.25) is 5.91 Å². The summed E-state index contributed by atoms with van der Waals surface area (Å²) in [5.41, 5.74) is 5.20. The summed E-state index contributed by atoms with van der Waals surface area (Å²) in [6, 6.07) is -0.0478. The van der Waals surface area contributed by atoms with E-state index in [1.54, 1.807) is 0 Å². The number of aliphatic carboxylic acids is 1. The van der Waals surface area contributed by atoms with Gasteiger partial charge in [-0.1, -0.05) is 20.3 Å². The zero-order valence-electron chi connectivity index (χ0n) is 11.2. The number of rotatable bonds is 5. The van der Waals surface area contributed by atoms with Crippen molar-refractivity contribution in [3.8, 4) is 0 Å². The average Bonchev–Trinajstić information content (AvgIpc) is 2.38. The lowest BCUT2D eigenvalue weighted by molar-refractivity contribution is -0.143. The zero-order valence-corrected chi connectivity index (χ0v) is 11.2. The maximum Gasteiger partial charge on any atom is 0.306 e. The Morgan fingerprint density at radius 2 is 1.94 bits per heavy atom. The average molecular weight is 256 g/mol. The zero-order chi connectivity index (χ0) is 13.8. The second-order valence-corrected chi connectivity index (χ2v) is 5.24.